The van der Waals surface area contributed by atoms with Crippen molar-refractivity contribution < 1.29 is 0 Å². The maximum Gasteiger partial charge on any atom is 0.00957 e. The van der Waals surface area contributed by atoms with Gasteiger partial charge in [-0.3, -0.25) is 0 Å². The fourth-order valence-corrected chi connectivity index (χ4v) is 5.45. The normalized spacial score (nSPS) is 40.1. The summed E-state index contributed by atoms with van der Waals surface area (Å²) in [5, 5.41) is 0. The van der Waals surface area contributed by atoms with Crippen LogP contribution in [0.4, 0.5) is 0 Å². The molecule has 3 aliphatic rings. The quantitative estimate of drug-likeness (QED) is 0.632. The van der Waals surface area contributed by atoms with Gasteiger partial charge in [0.2, 0.25) is 0 Å². The van der Waals surface area contributed by atoms with Crippen LogP contribution in [-0.2, 0) is 0 Å². The summed E-state index contributed by atoms with van der Waals surface area (Å²) in [5.74, 6) is 0. The second-order valence-corrected chi connectivity index (χ2v) is 8.38. The summed E-state index contributed by atoms with van der Waals surface area (Å²) in [7, 11) is 4.91. The number of rotatable bonds is 0. The highest BCUT2D eigenvalue weighted by Crippen LogP contribution is 2.32. The average Bonchev–Trinajstić information content (AvgIpc) is 2.50. The van der Waals surface area contributed by atoms with Gasteiger partial charge in [0.1, 0.15) is 0 Å². The lowest BCUT2D eigenvalue weighted by atomic mass is 9.86. The molecule has 1 aliphatic heterocycles. The Labute approximate surface area is 138 Å². The molecule has 0 N–H and O–H groups in total. The highest BCUT2D eigenvalue weighted by molar-refractivity contribution is 4.87. The van der Waals surface area contributed by atoms with Crippen LogP contribution in [0.1, 0.15) is 89.9 Å². The summed E-state index contributed by atoms with van der Waals surface area (Å²) in [5.41, 5.74) is 0. The second-order valence-electron chi connectivity index (χ2n) is 8.38. The van der Waals surface area contributed by atoms with E-state index in [1.54, 1.807) is 0 Å². The maximum atomic E-state index is 2.83. The first-order chi connectivity index (χ1) is 10.8. The summed E-state index contributed by atoms with van der Waals surface area (Å²) in [6.07, 6.45) is 20.3. The van der Waals surface area contributed by atoms with Crippen LogP contribution in [0.15, 0.2) is 0 Å². The van der Waals surface area contributed by atoms with Gasteiger partial charge in [-0.05, 0) is 65.5 Å². The molecule has 0 radical (unpaired) electrons. The molecular formula is C20H38N2. The lowest BCUT2D eigenvalue weighted by Crippen LogP contribution is -2.47. The molecule has 2 saturated carbocycles. The minimum atomic E-state index is 0.856. The molecule has 0 amide bonds. The third kappa shape index (κ3) is 4.06. The summed E-state index contributed by atoms with van der Waals surface area (Å²) >= 11 is 0. The molecule has 2 aliphatic carbocycles. The summed E-state index contributed by atoms with van der Waals surface area (Å²) < 4.78 is 0. The van der Waals surface area contributed by atoms with Crippen molar-refractivity contribution in [2.24, 2.45) is 0 Å². The van der Waals surface area contributed by atoms with Crippen molar-refractivity contribution in [3.8, 4) is 0 Å². The van der Waals surface area contributed by atoms with Crippen molar-refractivity contribution in [3.05, 3.63) is 0 Å². The SMILES string of the molecule is CN1C2CCCCCCC(CC2)N(C)C2CCCCC1CC2. The van der Waals surface area contributed by atoms with Crippen LogP contribution >= 0.6 is 0 Å². The Hall–Kier alpha value is -0.0800. The second kappa shape index (κ2) is 8.15. The molecular weight excluding hydrogens is 268 g/mol. The van der Waals surface area contributed by atoms with Gasteiger partial charge in [-0.25, -0.2) is 0 Å². The van der Waals surface area contributed by atoms with Crippen molar-refractivity contribution in [2.45, 2.75) is 114 Å². The molecule has 1 heterocycles. The Morgan fingerprint density at radius 3 is 1.00 bits per heavy atom. The molecule has 2 nitrogen and oxygen atoms in total. The van der Waals surface area contributed by atoms with Gasteiger partial charge in [-0.1, -0.05) is 38.5 Å². The Morgan fingerprint density at radius 2 is 0.682 bits per heavy atom. The van der Waals surface area contributed by atoms with E-state index in [1.807, 2.05) is 0 Å². The Kier molecular flexibility index (Phi) is 6.21. The van der Waals surface area contributed by atoms with Gasteiger partial charge in [-0.15, -0.1) is 0 Å². The molecule has 128 valence electrons. The predicted molar refractivity (Wildman–Crippen MR) is 95.3 cm³/mol. The van der Waals surface area contributed by atoms with Crippen LogP contribution in [0.25, 0.3) is 0 Å². The number of hydrogen-bond acceptors (Lipinski definition) is 2. The zero-order valence-electron chi connectivity index (χ0n) is 15.1. The Bertz CT molecular complexity index is 298. The van der Waals surface area contributed by atoms with E-state index < -0.39 is 0 Å². The van der Waals surface area contributed by atoms with Crippen molar-refractivity contribution >= 4 is 0 Å². The minimum absolute atomic E-state index is 0.856. The predicted octanol–water partition coefficient (Wildman–Crippen LogP) is 4.83. The van der Waals surface area contributed by atoms with Crippen LogP contribution in [-0.4, -0.2) is 48.1 Å². The van der Waals surface area contributed by atoms with Crippen molar-refractivity contribution in [1.29, 1.82) is 0 Å². The summed E-state index contributed by atoms with van der Waals surface area (Å²) in [6, 6.07) is 3.44. The van der Waals surface area contributed by atoms with Crippen molar-refractivity contribution in [2.75, 3.05) is 14.1 Å². The Morgan fingerprint density at radius 1 is 0.409 bits per heavy atom. The first kappa shape index (κ1) is 16.8. The minimum Gasteiger partial charge on any atom is -0.300 e. The van der Waals surface area contributed by atoms with Gasteiger partial charge in [0, 0.05) is 24.2 Å². The summed E-state index contributed by atoms with van der Waals surface area (Å²) in [4.78, 5) is 5.65. The third-order valence-corrected chi connectivity index (χ3v) is 7.12. The van der Waals surface area contributed by atoms with E-state index in [0.29, 0.717) is 0 Å². The number of hydrogen-bond donors (Lipinski definition) is 0. The van der Waals surface area contributed by atoms with Gasteiger partial charge in [0.15, 0.2) is 0 Å². The molecule has 0 aromatic carbocycles. The lowest BCUT2D eigenvalue weighted by Gasteiger charge is -2.44. The molecule has 0 aromatic rings. The molecule has 2 heteroatoms. The Balaban J connectivity index is 1.82. The first-order valence-corrected chi connectivity index (χ1v) is 10.2. The van der Waals surface area contributed by atoms with Crippen LogP contribution in [0.2, 0.25) is 0 Å². The smallest absolute Gasteiger partial charge is 0.00957 e. The van der Waals surface area contributed by atoms with Crippen LogP contribution in [0, 0.1) is 0 Å². The highest BCUT2D eigenvalue weighted by atomic mass is 15.2. The van der Waals surface area contributed by atoms with Gasteiger partial charge in [0.25, 0.3) is 0 Å². The number of fused-ring (bicyclic) bond motifs is 6. The van der Waals surface area contributed by atoms with Gasteiger partial charge >= 0.3 is 0 Å². The standard InChI is InChI=1S/C20H38N2/c1-21-17-9-5-3-4-6-10-18(14-13-17)22(2)20-12-8-7-11-19(21)15-16-20/h17-20H,3-16H2,1-2H3. The fourth-order valence-electron chi connectivity index (χ4n) is 5.45. The van der Waals surface area contributed by atoms with E-state index in [4.69, 9.17) is 0 Å². The molecule has 4 bridgehead atoms. The van der Waals surface area contributed by atoms with E-state index in [1.165, 1.54) is 89.9 Å². The molecule has 4 unspecified atom stereocenters. The molecule has 3 fully saturated rings. The molecule has 4 atom stereocenters. The monoisotopic (exact) mass is 306 g/mol. The first-order valence-electron chi connectivity index (χ1n) is 10.2. The van der Waals surface area contributed by atoms with Gasteiger partial charge < -0.3 is 9.80 Å². The van der Waals surface area contributed by atoms with Crippen LogP contribution in [0.3, 0.4) is 0 Å². The van der Waals surface area contributed by atoms with Crippen molar-refractivity contribution in [1.82, 2.24) is 9.80 Å². The maximum absolute atomic E-state index is 2.83. The largest absolute Gasteiger partial charge is 0.300 e. The van der Waals surface area contributed by atoms with E-state index in [-0.39, 0.29) is 0 Å². The molecule has 1 saturated heterocycles. The topological polar surface area (TPSA) is 6.48 Å². The van der Waals surface area contributed by atoms with E-state index >= 15 is 0 Å². The molecule has 3 rings (SSSR count). The summed E-state index contributed by atoms with van der Waals surface area (Å²) in [6.45, 7) is 0. The zero-order valence-corrected chi connectivity index (χ0v) is 15.1. The zero-order chi connectivity index (χ0) is 15.4. The third-order valence-electron chi connectivity index (χ3n) is 7.12. The highest BCUT2D eigenvalue weighted by Gasteiger charge is 2.31. The van der Waals surface area contributed by atoms with E-state index in [0.717, 1.165) is 24.2 Å². The molecule has 0 spiro atoms. The molecule has 0 aromatic heterocycles. The van der Waals surface area contributed by atoms with Gasteiger partial charge in [0.05, 0.1) is 0 Å². The van der Waals surface area contributed by atoms with Crippen LogP contribution < -0.4 is 0 Å². The molecule has 22 heavy (non-hydrogen) atoms. The van der Waals surface area contributed by atoms with Gasteiger partial charge in [-0.2, -0.15) is 0 Å². The average molecular weight is 307 g/mol. The van der Waals surface area contributed by atoms with E-state index in [2.05, 4.69) is 23.9 Å². The lowest BCUT2D eigenvalue weighted by molar-refractivity contribution is 0.0626. The van der Waals surface area contributed by atoms with Crippen molar-refractivity contribution in [3.63, 3.8) is 0 Å². The van der Waals surface area contributed by atoms with Crippen LogP contribution in [0.5, 0.6) is 0 Å². The fraction of sp³-hybridized carbons (Fsp3) is 1.00. The van der Waals surface area contributed by atoms with E-state index in [9.17, 15) is 0 Å². The number of nitrogens with zero attached hydrogens (tertiary/aromatic N) is 2.